The SMILES string of the molecule is CC(C)CC(C)(C)C.CNC. The van der Waals surface area contributed by atoms with Crippen molar-refractivity contribution in [1.29, 1.82) is 0 Å². The van der Waals surface area contributed by atoms with Crippen LogP contribution in [0, 0.1) is 11.3 Å². The molecule has 0 aromatic rings. The highest BCUT2D eigenvalue weighted by Gasteiger charge is 2.11. The molecule has 0 bridgehead atoms. The molecular formula is C10H25N. The molecule has 0 unspecified atom stereocenters. The molecule has 0 saturated carbocycles. The van der Waals surface area contributed by atoms with Crippen LogP contribution in [0.2, 0.25) is 0 Å². The lowest BCUT2D eigenvalue weighted by Crippen LogP contribution is -2.08. The molecule has 1 heteroatoms. The van der Waals surface area contributed by atoms with Gasteiger partial charge in [0.1, 0.15) is 0 Å². The van der Waals surface area contributed by atoms with Crippen LogP contribution >= 0.6 is 0 Å². The molecule has 0 saturated heterocycles. The first-order valence-electron chi connectivity index (χ1n) is 4.42. The standard InChI is InChI=1S/C8H18.C2H7N/c1-7(2)6-8(3,4)5;1-3-2/h7H,6H2,1-5H3;3H,1-2H3. The van der Waals surface area contributed by atoms with Gasteiger partial charge in [-0.2, -0.15) is 0 Å². The van der Waals surface area contributed by atoms with Gasteiger partial charge in [-0.25, -0.2) is 0 Å². The Morgan fingerprint density at radius 3 is 1.36 bits per heavy atom. The molecule has 0 aliphatic rings. The fourth-order valence-electron chi connectivity index (χ4n) is 1.22. The Kier molecular flexibility index (Phi) is 8.20. The van der Waals surface area contributed by atoms with E-state index in [1.165, 1.54) is 6.42 Å². The van der Waals surface area contributed by atoms with Crippen molar-refractivity contribution < 1.29 is 0 Å². The second-order valence-electron chi connectivity index (χ2n) is 4.66. The van der Waals surface area contributed by atoms with Crippen molar-refractivity contribution in [3.63, 3.8) is 0 Å². The molecule has 0 aliphatic carbocycles. The Morgan fingerprint density at radius 2 is 1.36 bits per heavy atom. The molecule has 1 nitrogen and oxygen atoms in total. The lowest BCUT2D eigenvalue weighted by atomic mass is 9.86. The third-order valence-electron chi connectivity index (χ3n) is 1.02. The molecule has 0 amide bonds. The highest BCUT2D eigenvalue weighted by Crippen LogP contribution is 2.23. The first-order chi connectivity index (χ1) is 4.83. The normalized spacial score (nSPS) is 10.9. The van der Waals surface area contributed by atoms with Crippen LogP contribution < -0.4 is 5.32 Å². The monoisotopic (exact) mass is 159 g/mol. The Bertz CT molecular complexity index is 69.4. The van der Waals surface area contributed by atoms with Gasteiger partial charge >= 0.3 is 0 Å². The van der Waals surface area contributed by atoms with Crippen molar-refractivity contribution >= 4 is 0 Å². The molecule has 0 aliphatic heterocycles. The van der Waals surface area contributed by atoms with Gasteiger partial charge in [-0.05, 0) is 31.8 Å². The van der Waals surface area contributed by atoms with Crippen molar-refractivity contribution in [2.45, 2.75) is 41.0 Å². The number of hydrogen-bond acceptors (Lipinski definition) is 1. The summed E-state index contributed by atoms with van der Waals surface area (Å²) in [6.07, 6.45) is 1.33. The fourth-order valence-corrected chi connectivity index (χ4v) is 1.22. The largest absolute Gasteiger partial charge is 0.323 e. The fraction of sp³-hybridized carbons (Fsp3) is 1.00. The lowest BCUT2D eigenvalue weighted by molar-refractivity contribution is 0.320. The molecule has 0 atom stereocenters. The van der Waals surface area contributed by atoms with Crippen molar-refractivity contribution in [3.8, 4) is 0 Å². The molecule has 0 aromatic carbocycles. The molecule has 0 heterocycles. The average molecular weight is 159 g/mol. The van der Waals surface area contributed by atoms with E-state index in [-0.39, 0.29) is 0 Å². The van der Waals surface area contributed by atoms with E-state index in [1.54, 1.807) is 0 Å². The Hall–Kier alpha value is -0.0400. The quantitative estimate of drug-likeness (QED) is 0.620. The summed E-state index contributed by atoms with van der Waals surface area (Å²) < 4.78 is 0. The van der Waals surface area contributed by atoms with E-state index in [0.717, 1.165) is 5.92 Å². The summed E-state index contributed by atoms with van der Waals surface area (Å²) in [4.78, 5) is 0. The minimum Gasteiger partial charge on any atom is -0.323 e. The van der Waals surface area contributed by atoms with E-state index in [0.29, 0.717) is 5.41 Å². The summed E-state index contributed by atoms with van der Waals surface area (Å²) in [5, 5.41) is 2.75. The zero-order valence-corrected chi connectivity index (χ0v) is 9.28. The Labute approximate surface area is 72.6 Å². The average Bonchev–Trinajstić information content (AvgIpc) is 1.57. The van der Waals surface area contributed by atoms with Gasteiger partial charge in [0.15, 0.2) is 0 Å². The summed E-state index contributed by atoms with van der Waals surface area (Å²) in [6, 6.07) is 0. The molecule has 0 fully saturated rings. The van der Waals surface area contributed by atoms with E-state index in [2.05, 4.69) is 39.9 Å². The smallest absolute Gasteiger partial charge is 0.0167 e. The summed E-state index contributed by atoms with van der Waals surface area (Å²) >= 11 is 0. The van der Waals surface area contributed by atoms with E-state index in [9.17, 15) is 0 Å². The van der Waals surface area contributed by atoms with Crippen LogP contribution in [0.15, 0.2) is 0 Å². The predicted molar refractivity (Wildman–Crippen MR) is 53.9 cm³/mol. The molecule has 0 spiro atoms. The van der Waals surface area contributed by atoms with E-state index < -0.39 is 0 Å². The third kappa shape index (κ3) is 25.7. The Morgan fingerprint density at radius 1 is 1.09 bits per heavy atom. The Balaban J connectivity index is 0. The zero-order chi connectivity index (χ0) is 9.49. The topological polar surface area (TPSA) is 12.0 Å². The summed E-state index contributed by atoms with van der Waals surface area (Å²) in [5.41, 5.74) is 0.522. The van der Waals surface area contributed by atoms with Crippen LogP contribution in [-0.4, -0.2) is 14.1 Å². The van der Waals surface area contributed by atoms with E-state index >= 15 is 0 Å². The second-order valence-corrected chi connectivity index (χ2v) is 4.66. The van der Waals surface area contributed by atoms with Crippen molar-refractivity contribution in [2.24, 2.45) is 11.3 Å². The zero-order valence-electron chi connectivity index (χ0n) is 9.28. The molecule has 11 heavy (non-hydrogen) atoms. The van der Waals surface area contributed by atoms with Gasteiger partial charge in [0.25, 0.3) is 0 Å². The maximum absolute atomic E-state index is 2.75. The first kappa shape index (κ1) is 13.5. The maximum Gasteiger partial charge on any atom is -0.0167 e. The van der Waals surface area contributed by atoms with Crippen molar-refractivity contribution in [2.75, 3.05) is 14.1 Å². The van der Waals surface area contributed by atoms with Crippen LogP contribution in [-0.2, 0) is 0 Å². The van der Waals surface area contributed by atoms with Crippen LogP contribution in [0.3, 0.4) is 0 Å². The highest BCUT2D eigenvalue weighted by atomic mass is 14.7. The lowest BCUT2D eigenvalue weighted by Gasteiger charge is -2.19. The van der Waals surface area contributed by atoms with Crippen molar-refractivity contribution in [1.82, 2.24) is 5.32 Å². The molecule has 1 N–H and O–H groups in total. The third-order valence-corrected chi connectivity index (χ3v) is 1.02. The van der Waals surface area contributed by atoms with Gasteiger partial charge in [-0.1, -0.05) is 34.6 Å². The molecule has 70 valence electrons. The minimum absolute atomic E-state index is 0.522. The summed E-state index contributed by atoms with van der Waals surface area (Å²) in [7, 11) is 3.75. The number of hydrogen-bond donors (Lipinski definition) is 1. The minimum atomic E-state index is 0.522. The summed E-state index contributed by atoms with van der Waals surface area (Å²) in [6.45, 7) is 11.4. The van der Waals surface area contributed by atoms with E-state index in [4.69, 9.17) is 0 Å². The van der Waals surface area contributed by atoms with Gasteiger partial charge in [-0.3, -0.25) is 0 Å². The molecular weight excluding hydrogens is 134 g/mol. The van der Waals surface area contributed by atoms with Crippen LogP contribution in [0.4, 0.5) is 0 Å². The predicted octanol–water partition coefficient (Wildman–Crippen LogP) is 2.91. The number of rotatable bonds is 1. The second kappa shape index (κ2) is 6.66. The van der Waals surface area contributed by atoms with Gasteiger partial charge in [0, 0.05) is 0 Å². The molecule has 0 radical (unpaired) electrons. The molecule has 0 rings (SSSR count). The maximum atomic E-state index is 2.75. The van der Waals surface area contributed by atoms with Gasteiger partial charge < -0.3 is 5.32 Å². The highest BCUT2D eigenvalue weighted by molar-refractivity contribution is 4.62. The summed E-state index contributed by atoms with van der Waals surface area (Å²) in [5.74, 6) is 0.843. The first-order valence-corrected chi connectivity index (χ1v) is 4.42. The van der Waals surface area contributed by atoms with Crippen LogP contribution in [0.25, 0.3) is 0 Å². The van der Waals surface area contributed by atoms with Crippen LogP contribution in [0.5, 0.6) is 0 Å². The van der Waals surface area contributed by atoms with E-state index in [1.807, 2.05) is 14.1 Å². The van der Waals surface area contributed by atoms with Crippen molar-refractivity contribution in [3.05, 3.63) is 0 Å². The van der Waals surface area contributed by atoms with Crippen LogP contribution in [0.1, 0.15) is 41.0 Å². The van der Waals surface area contributed by atoms with Gasteiger partial charge in [-0.15, -0.1) is 0 Å². The van der Waals surface area contributed by atoms with Gasteiger partial charge in [0.05, 0.1) is 0 Å². The molecule has 0 aromatic heterocycles. The van der Waals surface area contributed by atoms with Gasteiger partial charge in [0.2, 0.25) is 0 Å². The number of nitrogens with one attached hydrogen (secondary N) is 1.